The van der Waals surface area contributed by atoms with Crippen LogP contribution in [0.2, 0.25) is 0 Å². The first-order chi connectivity index (χ1) is 11.5. The number of nitrogens with zero attached hydrogens (tertiary/aromatic N) is 1. The third kappa shape index (κ3) is 4.88. The molecule has 0 saturated heterocycles. The van der Waals surface area contributed by atoms with Gasteiger partial charge in [-0.2, -0.15) is 11.3 Å². The molecule has 0 saturated carbocycles. The molecule has 8 heteroatoms. The Hall–Kier alpha value is -2.74. The van der Waals surface area contributed by atoms with Crippen molar-refractivity contribution in [1.29, 1.82) is 0 Å². The number of aryl methyl sites for hydroxylation is 1. The second kappa shape index (κ2) is 8.21. The summed E-state index contributed by atoms with van der Waals surface area (Å²) in [4.78, 5) is 34.1. The Morgan fingerprint density at radius 1 is 1.33 bits per heavy atom. The van der Waals surface area contributed by atoms with E-state index in [2.05, 4.69) is 5.32 Å². The van der Waals surface area contributed by atoms with Crippen molar-refractivity contribution >= 4 is 34.6 Å². The van der Waals surface area contributed by atoms with E-state index in [4.69, 9.17) is 4.74 Å². The molecule has 2 rings (SSSR count). The van der Waals surface area contributed by atoms with Crippen LogP contribution in [-0.4, -0.2) is 22.9 Å². The highest BCUT2D eigenvalue weighted by Crippen LogP contribution is 2.23. The molecule has 126 valence electrons. The number of hydrogen-bond donors (Lipinski definition) is 1. The minimum absolute atomic E-state index is 0.0636. The average molecular weight is 348 g/mol. The Bertz CT molecular complexity index is 730. The van der Waals surface area contributed by atoms with Crippen molar-refractivity contribution < 1.29 is 19.2 Å². The first kappa shape index (κ1) is 17.6. The first-order valence-electron chi connectivity index (χ1n) is 7.22. The summed E-state index contributed by atoms with van der Waals surface area (Å²) in [6.45, 7) is 1.42. The molecule has 1 amide bonds. The van der Waals surface area contributed by atoms with Crippen molar-refractivity contribution in [2.75, 3.05) is 5.32 Å². The molecule has 1 atom stereocenters. The van der Waals surface area contributed by atoms with Crippen LogP contribution in [-0.2, 0) is 20.7 Å². The molecule has 1 heterocycles. The number of nitro benzene ring substituents is 1. The lowest BCUT2D eigenvalue weighted by atomic mass is 10.2. The fourth-order valence-electron chi connectivity index (χ4n) is 1.96. The number of para-hydroxylation sites is 2. The summed E-state index contributed by atoms with van der Waals surface area (Å²) in [7, 11) is 0. The van der Waals surface area contributed by atoms with Crippen LogP contribution in [0, 0.1) is 10.1 Å². The van der Waals surface area contributed by atoms with Gasteiger partial charge in [0, 0.05) is 12.5 Å². The van der Waals surface area contributed by atoms with Gasteiger partial charge in [0.25, 0.3) is 11.6 Å². The molecule has 0 radical (unpaired) electrons. The smallest absolute Gasteiger partial charge is 0.306 e. The Labute approximate surface area is 142 Å². The molecule has 1 aromatic heterocycles. The molecular weight excluding hydrogens is 332 g/mol. The van der Waals surface area contributed by atoms with Gasteiger partial charge in [0.05, 0.1) is 4.92 Å². The Balaban J connectivity index is 1.88. The fourth-order valence-corrected chi connectivity index (χ4v) is 2.67. The first-order valence-corrected chi connectivity index (χ1v) is 8.16. The Morgan fingerprint density at radius 2 is 2.08 bits per heavy atom. The van der Waals surface area contributed by atoms with Gasteiger partial charge in [0.1, 0.15) is 5.69 Å². The van der Waals surface area contributed by atoms with Gasteiger partial charge in [-0.25, -0.2) is 0 Å². The van der Waals surface area contributed by atoms with Crippen molar-refractivity contribution in [2.45, 2.75) is 25.9 Å². The van der Waals surface area contributed by atoms with Crippen molar-refractivity contribution in [3.63, 3.8) is 0 Å². The summed E-state index contributed by atoms with van der Waals surface area (Å²) in [6, 6.07) is 7.69. The van der Waals surface area contributed by atoms with Gasteiger partial charge in [0.15, 0.2) is 6.10 Å². The van der Waals surface area contributed by atoms with Crippen LogP contribution in [0.15, 0.2) is 41.1 Å². The number of carbonyl (C=O) groups excluding carboxylic acids is 2. The Morgan fingerprint density at radius 3 is 2.75 bits per heavy atom. The van der Waals surface area contributed by atoms with Gasteiger partial charge in [0.2, 0.25) is 0 Å². The SMILES string of the molecule is C[C@@H](OC(=O)CCc1ccsc1)C(=O)Nc1ccccc1[N+](=O)[O-]. The van der Waals surface area contributed by atoms with E-state index in [0.717, 1.165) is 5.56 Å². The quantitative estimate of drug-likeness (QED) is 0.471. The van der Waals surface area contributed by atoms with E-state index in [0.29, 0.717) is 6.42 Å². The normalized spacial score (nSPS) is 11.5. The summed E-state index contributed by atoms with van der Waals surface area (Å²) in [5.74, 6) is -1.11. The number of ether oxygens (including phenoxy) is 1. The molecule has 24 heavy (non-hydrogen) atoms. The van der Waals surface area contributed by atoms with Crippen LogP contribution in [0.25, 0.3) is 0 Å². The number of rotatable bonds is 7. The van der Waals surface area contributed by atoms with Gasteiger partial charge in [-0.3, -0.25) is 19.7 Å². The molecule has 0 unspecified atom stereocenters. The zero-order valence-corrected chi connectivity index (χ0v) is 13.7. The maximum absolute atomic E-state index is 12.0. The van der Waals surface area contributed by atoms with E-state index in [1.807, 2.05) is 16.8 Å². The zero-order chi connectivity index (χ0) is 17.5. The van der Waals surface area contributed by atoms with Crippen LogP contribution in [0.5, 0.6) is 0 Å². The van der Waals surface area contributed by atoms with Gasteiger partial charge in [-0.15, -0.1) is 0 Å². The second-order valence-corrected chi connectivity index (χ2v) is 5.81. The van der Waals surface area contributed by atoms with Crippen LogP contribution < -0.4 is 5.32 Å². The molecule has 0 aliphatic heterocycles. The van der Waals surface area contributed by atoms with E-state index in [1.54, 1.807) is 17.4 Å². The molecular formula is C16H16N2O5S. The highest BCUT2D eigenvalue weighted by atomic mass is 32.1. The number of anilines is 1. The lowest BCUT2D eigenvalue weighted by Crippen LogP contribution is -2.30. The summed E-state index contributed by atoms with van der Waals surface area (Å²) in [5, 5.41) is 17.2. The topological polar surface area (TPSA) is 98.5 Å². The number of esters is 1. The van der Waals surface area contributed by atoms with Crippen LogP contribution >= 0.6 is 11.3 Å². The lowest BCUT2D eigenvalue weighted by Gasteiger charge is -2.13. The van der Waals surface area contributed by atoms with E-state index in [9.17, 15) is 19.7 Å². The summed E-state index contributed by atoms with van der Waals surface area (Å²) in [5.41, 5.74) is 0.879. The number of nitrogens with one attached hydrogen (secondary N) is 1. The molecule has 0 aliphatic rings. The standard InChI is InChI=1S/C16H16N2O5S/c1-11(23-15(19)7-6-12-8-9-24-10-12)16(20)17-13-4-2-3-5-14(13)18(21)22/h2-5,8-11H,6-7H2,1H3,(H,17,20)/t11-/m1/s1. The lowest BCUT2D eigenvalue weighted by molar-refractivity contribution is -0.383. The van der Waals surface area contributed by atoms with E-state index >= 15 is 0 Å². The molecule has 0 spiro atoms. The van der Waals surface area contributed by atoms with Gasteiger partial charge in [-0.05, 0) is 41.8 Å². The zero-order valence-electron chi connectivity index (χ0n) is 12.9. The second-order valence-electron chi connectivity index (χ2n) is 5.03. The van der Waals surface area contributed by atoms with E-state index in [1.165, 1.54) is 25.1 Å². The molecule has 2 aromatic rings. The monoisotopic (exact) mass is 348 g/mol. The highest BCUT2D eigenvalue weighted by molar-refractivity contribution is 7.07. The number of hydrogen-bond acceptors (Lipinski definition) is 6. The highest BCUT2D eigenvalue weighted by Gasteiger charge is 2.21. The average Bonchev–Trinajstić information content (AvgIpc) is 3.06. The number of thiophene rings is 1. The number of nitro groups is 1. The molecule has 0 bridgehead atoms. The van der Waals surface area contributed by atoms with Crippen molar-refractivity contribution in [3.8, 4) is 0 Å². The minimum atomic E-state index is -1.04. The van der Waals surface area contributed by atoms with Crippen LogP contribution in [0.1, 0.15) is 18.9 Å². The molecule has 0 fully saturated rings. The third-order valence-electron chi connectivity index (χ3n) is 3.23. The largest absolute Gasteiger partial charge is 0.453 e. The maximum atomic E-state index is 12.0. The fraction of sp³-hybridized carbons (Fsp3) is 0.250. The predicted molar refractivity (Wildman–Crippen MR) is 89.9 cm³/mol. The summed E-state index contributed by atoms with van der Waals surface area (Å²) < 4.78 is 5.07. The van der Waals surface area contributed by atoms with E-state index < -0.39 is 22.9 Å². The van der Waals surface area contributed by atoms with Crippen molar-refractivity contribution in [3.05, 3.63) is 56.8 Å². The Kier molecular flexibility index (Phi) is 6.02. The number of amides is 1. The predicted octanol–water partition coefficient (Wildman–Crippen LogP) is 3.16. The number of benzene rings is 1. The van der Waals surface area contributed by atoms with Gasteiger partial charge < -0.3 is 10.1 Å². The molecule has 1 aromatic carbocycles. The molecule has 1 N–H and O–H groups in total. The summed E-state index contributed by atoms with van der Waals surface area (Å²) in [6.07, 6.45) is -0.333. The maximum Gasteiger partial charge on any atom is 0.306 e. The van der Waals surface area contributed by atoms with Crippen molar-refractivity contribution in [2.24, 2.45) is 0 Å². The minimum Gasteiger partial charge on any atom is -0.453 e. The van der Waals surface area contributed by atoms with Crippen LogP contribution in [0.4, 0.5) is 11.4 Å². The molecule has 0 aliphatic carbocycles. The third-order valence-corrected chi connectivity index (χ3v) is 3.97. The van der Waals surface area contributed by atoms with Crippen molar-refractivity contribution in [1.82, 2.24) is 0 Å². The molecule has 7 nitrogen and oxygen atoms in total. The van der Waals surface area contributed by atoms with Crippen LogP contribution in [0.3, 0.4) is 0 Å². The summed E-state index contributed by atoms with van der Waals surface area (Å²) >= 11 is 1.54. The van der Waals surface area contributed by atoms with E-state index in [-0.39, 0.29) is 17.8 Å². The number of carbonyl (C=O) groups is 2. The van der Waals surface area contributed by atoms with Gasteiger partial charge >= 0.3 is 5.97 Å². The van der Waals surface area contributed by atoms with Gasteiger partial charge in [-0.1, -0.05) is 12.1 Å².